The molecule has 160 valence electrons. The van der Waals surface area contributed by atoms with Gasteiger partial charge in [-0.05, 0) is 54.8 Å². The predicted molar refractivity (Wildman–Crippen MR) is 119 cm³/mol. The van der Waals surface area contributed by atoms with Crippen molar-refractivity contribution in [2.24, 2.45) is 0 Å². The summed E-state index contributed by atoms with van der Waals surface area (Å²) < 4.78 is 5.40. The van der Waals surface area contributed by atoms with Gasteiger partial charge in [-0.25, -0.2) is 0 Å². The molecule has 5 nitrogen and oxygen atoms in total. The summed E-state index contributed by atoms with van der Waals surface area (Å²) in [5, 5.41) is 3.04. The molecule has 1 N–H and O–H groups in total. The number of nitrogens with zero attached hydrogens (tertiary/aromatic N) is 2. The van der Waals surface area contributed by atoms with E-state index >= 15 is 0 Å². The second-order valence-corrected chi connectivity index (χ2v) is 8.42. The number of likely N-dealkylation sites (tertiary alicyclic amines) is 1. The van der Waals surface area contributed by atoms with Crippen LogP contribution in [0.2, 0.25) is 0 Å². The molecule has 2 aromatic carbocycles. The molecule has 0 atom stereocenters. The largest absolute Gasteiger partial charge is 0.379 e. The van der Waals surface area contributed by atoms with Crippen LogP contribution in [0.5, 0.6) is 0 Å². The van der Waals surface area contributed by atoms with Crippen LogP contribution in [0, 0.1) is 0 Å². The summed E-state index contributed by atoms with van der Waals surface area (Å²) in [7, 11) is 0. The first-order chi connectivity index (χ1) is 14.8. The van der Waals surface area contributed by atoms with E-state index in [4.69, 9.17) is 4.74 Å². The number of carbonyl (C=O) groups is 1. The highest BCUT2D eigenvalue weighted by Gasteiger charge is 2.12. The van der Waals surface area contributed by atoms with E-state index in [1.807, 2.05) is 12.1 Å². The van der Waals surface area contributed by atoms with E-state index in [1.165, 1.54) is 43.5 Å². The summed E-state index contributed by atoms with van der Waals surface area (Å²) in [6.07, 6.45) is 4.00. The molecule has 0 radical (unpaired) electrons. The first kappa shape index (κ1) is 21.0. The predicted octanol–water partition coefficient (Wildman–Crippen LogP) is 3.43. The number of nitrogens with one attached hydrogen (secondary N) is 1. The van der Waals surface area contributed by atoms with Crippen LogP contribution in [0.1, 0.15) is 46.3 Å². The molecule has 0 aromatic heterocycles. The topological polar surface area (TPSA) is 44.8 Å². The fourth-order valence-corrected chi connectivity index (χ4v) is 4.20. The highest BCUT2D eigenvalue weighted by molar-refractivity contribution is 5.94. The lowest BCUT2D eigenvalue weighted by Gasteiger charge is -2.26. The van der Waals surface area contributed by atoms with Gasteiger partial charge in [0, 0.05) is 38.3 Å². The number of benzene rings is 2. The van der Waals surface area contributed by atoms with Crippen LogP contribution < -0.4 is 5.32 Å². The Labute approximate surface area is 180 Å². The Kier molecular flexibility index (Phi) is 7.51. The third-order valence-corrected chi connectivity index (χ3v) is 6.06. The zero-order valence-electron chi connectivity index (χ0n) is 17.8. The summed E-state index contributed by atoms with van der Waals surface area (Å²) in [5.74, 6) is -0.0229. The van der Waals surface area contributed by atoms with Gasteiger partial charge in [0.1, 0.15) is 0 Å². The lowest BCUT2D eigenvalue weighted by atomic mass is 10.1. The fraction of sp³-hybridized carbons (Fsp3) is 0.480. The Morgan fingerprint density at radius 3 is 1.90 bits per heavy atom. The molecular formula is C25H33N3O2. The van der Waals surface area contributed by atoms with Crippen molar-refractivity contribution in [1.82, 2.24) is 15.1 Å². The third-order valence-electron chi connectivity index (χ3n) is 6.06. The van der Waals surface area contributed by atoms with Crippen molar-refractivity contribution in [3.8, 4) is 0 Å². The van der Waals surface area contributed by atoms with Crippen molar-refractivity contribution in [3.05, 3.63) is 70.8 Å². The Balaban J connectivity index is 1.23. The van der Waals surface area contributed by atoms with E-state index < -0.39 is 0 Å². The number of amides is 1. The Hall–Kier alpha value is -2.21. The molecule has 0 spiro atoms. The molecule has 1 amide bonds. The number of hydrogen-bond acceptors (Lipinski definition) is 4. The van der Waals surface area contributed by atoms with Crippen LogP contribution in [0.3, 0.4) is 0 Å². The smallest absolute Gasteiger partial charge is 0.251 e. The summed E-state index contributed by atoms with van der Waals surface area (Å²) in [6, 6.07) is 16.6. The van der Waals surface area contributed by atoms with Gasteiger partial charge in [-0.15, -0.1) is 0 Å². The molecule has 2 aromatic rings. The van der Waals surface area contributed by atoms with Crippen molar-refractivity contribution in [1.29, 1.82) is 0 Å². The first-order valence-corrected chi connectivity index (χ1v) is 11.2. The molecule has 30 heavy (non-hydrogen) atoms. The quantitative estimate of drug-likeness (QED) is 0.764. The van der Waals surface area contributed by atoms with Gasteiger partial charge in [0.25, 0.3) is 5.91 Å². The lowest BCUT2D eigenvalue weighted by Crippen LogP contribution is -2.35. The van der Waals surface area contributed by atoms with E-state index in [2.05, 4.69) is 51.5 Å². The second-order valence-electron chi connectivity index (χ2n) is 8.42. The summed E-state index contributed by atoms with van der Waals surface area (Å²) in [4.78, 5) is 17.4. The zero-order chi connectivity index (χ0) is 20.6. The van der Waals surface area contributed by atoms with Crippen molar-refractivity contribution in [2.45, 2.75) is 38.9 Å². The van der Waals surface area contributed by atoms with Crippen LogP contribution >= 0.6 is 0 Å². The van der Waals surface area contributed by atoms with Crippen LogP contribution in [-0.4, -0.2) is 55.1 Å². The van der Waals surface area contributed by atoms with Crippen LogP contribution in [0.25, 0.3) is 0 Å². The van der Waals surface area contributed by atoms with E-state index in [0.29, 0.717) is 12.1 Å². The van der Waals surface area contributed by atoms with Gasteiger partial charge >= 0.3 is 0 Å². The molecule has 0 bridgehead atoms. The van der Waals surface area contributed by atoms with Gasteiger partial charge in [0.15, 0.2) is 0 Å². The Morgan fingerprint density at radius 1 is 0.733 bits per heavy atom. The summed E-state index contributed by atoms with van der Waals surface area (Å²) in [5.41, 5.74) is 4.43. The SMILES string of the molecule is O=C(NCc1ccc(CN2CCCCC2)cc1)c1ccc(CN2CCOCC2)cc1. The van der Waals surface area contributed by atoms with Gasteiger partial charge in [0.05, 0.1) is 13.2 Å². The summed E-state index contributed by atoms with van der Waals surface area (Å²) in [6.45, 7) is 8.47. The maximum atomic E-state index is 12.5. The number of hydrogen-bond donors (Lipinski definition) is 1. The average molecular weight is 408 g/mol. The average Bonchev–Trinajstić information content (AvgIpc) is 2.80. The number of morpholine rings is 1. The van der Waals surface area contributed by atoms with Gasteiger partial charge in [0.2, 0.25) is 0 Å². The minimum absolute atomic E-state index is 0.0229. The van der Waals surface area contributed by atoms with Crippen molar-refractivity contribution >= 4 is 5.91 Å². The molecule has 2 heterocycles. The van der Waals surface area contributed by atoms with Crippen molar-refractivity contribution in [2.75, 3.05) is 39.4 Å². The van der Waals surface area contributed by atoms with E-state index in [1.54, 1.807) is 0 Å². The molecule has 0 aliphatic carbocycles. The molecule has 2 fully saturated rings. The second kappa shape index (κ2) is 10.7. The minimum Gasteiger partial charge on any atom is -0.379 e. The molecular weight excluding hydrogens is 374 g/mol. The molecule has 2 aliphatic heterocycles. The number of ether oxygens (including phenoxy) is 1. The normalized spacial score (nSPS) is 18.3. The fourth-order valence-electron chi connectivity index (χ4n) is 4.20. The molecule has 0 unspecified atom stereocenters. The van der Waals surface area contributed by atoms with E-state index in [0.717, 1.165) is 45.0 Å². The van der Waals surface area contributed by atoms with Crippen LogP contribution in [-0.2, 0) is 24.4 Å². The summed E-state index contributed by atoms with van der Waals surface area (Å²) >= 11 is 0. The van der Waals surface area contributed by atoms with Gasteiger partial charge in [-0.1, -0.05) is 42.8 Å². The number of rotatable bonds is 7. The molecule has 4 rings (SSSR count). The Bertz CT molecular complexity index is 792. The molecule has 5 heteroatoms. The molecule has 2 aliphatic rings. The van der Waals surface area contributed by atoms with Crippen molar-refractivity contribution in [3.63, 3.8) is 0 Å². The number of piperidine rings is 1. The van der Waals surface area contributed by atoms with E-state index in [-0.39, 0.29) is 5.91 Å². The van der Waals surface area contributed by atoms with Gasteiger partial charge < -0.3 is 10.1 Å². The number of carbonyl (C=O) groups excluding carboxylic acids is 1. The lowest BCUT2D eigenvalue weighted by molar-refractivity contribution is 0.0342. The molecule has 0 saturated carbocycles. The third kappa shape index (κ3) is 6.14. The van der Waals surface area contributed by atoms with Crippen LogP contribution in [0.15, 0.2) is 48.5 Å². The van der Waals surface area contributed by atoms with E-state index in [9.17, 15) is 4.79 Å². The van der Waals surface area contributed by atoms with Gasteiger partial charge in [-0.3, -0.25) is 14.6 Å². The monoisotopic (exact) mass is 407 g/mol. The zero-order valence-corrected chi connectivity index (χ0v) is 17.8. The van der Waals surface area contributed by atoms with Gasteiger partial charge in [-0.2, -0.15) is 0 Å². The Morgan fingerprint density at radius 2 is 1.27 bits per heavy atom. The van der Waals surface area contributed by atoms with Crippen LogP contribution in [0.4, 0.5) is 0 Å². The highest BCUT2D eigenvalue weighted by Crippen LogP contribution is 2.14. The maximum absolute atomic E-state index is 12.5. The standard InChI is InChI=1S/C25H33N3O2/c29-25(24-10-8-23(9-11-24)20-28-14-16-30-17-15-28)26-18-21-4-6-22(7-5-21)19-27-12-2-1-3-13-27/h4-11H,1-3,12-20H2,(H,26,29). The highest BCUT2D eigenvalue weighted by atomic mass is 16.5. The minimum atomic E-state index is -0.0229. The van der Waals surface area contributed by atoms with Crippen molar-refractivity contribution < 1.29 is 9.53 Å². The molecule has 2 saturated heterocycles. The first-order valence-electron chi connectivity index (χ1n) is 11.2. The maximum Gasteiger partial charge on any atom is 0.251 e.